The SMILES string of the molecule is O=S(=O)([O-])c1cccc(Cl)c1O.[Na+]. The molecular weight excluding hydrogens is 227 g/mol. The maximum Gasteiger partial charge on any atom is 1.00 e. The Hall–Kier alpha value is 0.220. The summed E-state index contributed by atoms with van der Waals surface area (Å²) < 4.78 is 31.3. The predicted molar refractivity (Wildman–Crippen MR) is 41.1 cm³/mol. The molecule has 0 bridgehead atoms. The summed E-state index contributed by atoms with van der Waals surface area (Å²) in [4.78, 5) is -0.699. The smallest absolute Gasteiger partial charge is 0.744 e. The van der Waals surface area contributed by atoms with Gasteiger partial charge < -0.3 is 9.66 Å². The Morgan fingerprint density at radius 3 is 2.31 bits per heavy atom. The van der Waals surface area contributed by atoms with Gasteiger partial charge in [0.1, 0.15) is 10.1 Å². The Bertz CT molecular complexity index is 403. The molecule has 66 valence electrons. The van der Waals surface area contributed by atoms with E-state index in [9.17, 15) is 13.0 Å². The number of benzene rings is 1. The fraction of sp³-hybridized carbons (Fsp3) is 0. The summed E-state index contributed by atoms with van der Waals surface area (Å²) in [5, 5.41) is 8.86. The standard InChI is InChI=1S/C6H5ClO4S.Na/c7-4-2-1-3-5(6(4)8)12(9,10)11;/h1-3,8H,(H,9,10,11);/q;+1/p-1. The van der Waals surface area contributed by atoms with E-state index in [0.717, 1.165) is 6.07 Å². The van der Waals surface area contributed by atoms with E-state index in [-0.39, 0.29) is 34.6 Å². The van der Waals surface area contributed by atoms with Gasteiger partial charge in [0.05, 0.1) is 9.92 Å². The van der Waals surface area contributed by atoms with Crippen molar-refractivity contribution < 1.29 is 47.6 Å². The van der Waals surface area contributed by atoms with Crippen LogP contribution in [0.25, 0.3) is 0 Å². The van der Waals surface area contributed by atoms with Crippen molar-refractivity contribution in [1.82, 2.24) is 0 Å². The van der Waals surface area contributed by atoms with Crippen LogP contribution in [0.2, 0.25) is 5.02 Å². The molecular formula is C6H4ClNaO4S. The van der Waals surface area contributed by atoms with Crippen molar-refractivity contribution in [3.8, 4) is 5.75 Å². The van der Waals surface area contributed by atoms with Crippen molar-refractivity contribution in [2.24, 2.45) is 0 Å². The molecule has 0 aliphatic carbocycles. The fourth-order valence-electron chi connectivity index (χ4n) is 0.697. The van der Waals surface area contributed by atoms with Gasteiger partial charge >= 0.3 is 29.6 Å². The minimum atomic E-state index is -4.64. The summed E-state index contributed by atoms with van der Waals surface area (Å²) in [6.07, 6.45) is 0. The number of para-hydroxylation sites is 1. The normalized spacial score (nSPS) is 10.6. The first-order valence-electron chi connectivity index (χ1n) is 2.86. The van der Waals surface area contributed by atoms with Crippen LogP contribution >= 0.6 is 11.6 Å². The Kier molecular flexibility index (Phi) is 4.71. The molecule has 0 amide bonds. The zero-order valence-corrected chi connectivity index (χ0v) is 10.3. The van der Waals surface area contributed by atoms with E-state index in [1.165, 1.54) is 12.1 Å². The predicted octanol–water partition coefficient (Wildman–Crippen LogP) is -2.05. The Morgan fingerprint density at radius 2 is 1.92 bits per heavy atom. The van der Waals surface area contributed by atoms with Gasteiger partial charge in [-0.15, -0.1) is 0 Å². The average molecular weight is 231 g/mol. The second-order valence-electron chi connectivity index (χ2n) is 2.04. The van der Waals surface area contributed by atoms with Gasteiger partial charge in [-0.2, -0.15) is 0 Å². The van der Waals surface area contributed by atoms with E-state index in [1.54, 1.807) is 0 Å². The molecule has 0 aromatic heterocycles. The van der Waals surface area contributed by atoms with Crippen LogP contribution in [-0.2, 0) is 10.1 Å². The summed E-state index contributed by atoms with van der Waals surface area (Å²) in [5.41, 5.74) is 0. The van der Waals surface area contributed by atoms with Crippen LogP contribution < -0.4 is 29.6 Å². The summed E-state index contributed by atoms with van der Waals surface area (Å²) in [5.74, 6) is -0.700. The molecule has 13 heavy (non-hydrogen) atoms. The molecule has 1 aromatic rings. The first-order chi connectivity index (χ1) is 5.43. The number of hydrogen-bond acceptors (Lipinski definition) is 4. The van der Waals surface area contributed by atoms with E-state index in [0.29, 0.717) is 0 Å². The molecule has 1 N–H and O–H groups in total. The Labute approximate surface area is 103 Å². The van der Waals surface area contributed by atoms with Crippen LogP contribution in [0.4, 0.5) is 0 Å². The molecule has 0 heterocycles. The third kappa shape index (κ3) is 3.12. The van der Waals surface area contributed by atoms with Crippen LogP contribution in [0.1, 0.15) is 0 Å². The van der Waals surface area contributed by atoms with Crippen molar-refractivity contribution in [2.75, 3.05) is 0 Å². The number of phenols is 1. The Balaban J connectivity index is 0.00000144. The summed E-state index contributed by atoms with van der Waals surface area (Å²) >= 11 is 5.37. The van der Waals surface area contributed by atoms with Gasteiger partial charge in [0.15, 0.2) is 5.75 Å². The third-order valence-corrected chi connectivity index (χ3v) is 2.39. The van der Waals surface area contributed by atoms with Crippen LogP contribution in [0.5, 0.6) is 5.75 Å². The van der Waals surface area contributed by atoms with Crippen LogP contribution in [0.3, 0.4) is 0 Å². The topological polar surface area (TPSA) is 77.4 Å². The van der Waals surface area contributed by atoms with Gasteiger partial charge in [-0.25, -0.2) is 8.42 Å². The van der Waals surface area contributed by atoms with Gasteiger partial charge in [-0.05, 0) is 12.1 Å². The number of aromatic hydroxyl groups is 1. The molecule has 0 spiro atoms. The van der Waals surface area contributed by atoms with Crippen molar-refractivity contribution in [1.29, 1.82) is 0 Å². The fourth-order valence-corrected chi connectivity index (χ4v) is 1.52. The molecule has 0 radical (unpaired) electrons. The van der Waals surface area contributed by atoms with Gasteiger partial charge in [0.2, 0.25) is 0 Å². The van der Waals surface area contributed by atoms with E-state index in [2.05, 4.69) is 0 Å². The minimum Gasteiger partial charge on any atom is -0.744 e. The molecule has 0 atom stereocenters. The number of rotatable bonds is 1. The van der Waals surface area contributed by atoms with Gasteiger partial charge in [0.25, 0.3) is 0 Å². The van der Waals surface area contributed by atoms with Crippen LogP contribution in [0, 0.1) is 0 Å². The molecule has 0 aliphatic heterocycles. The Morgan fingerprint density at radius 1 is 1.38 bits per heavy atom. The van der Waals surface area contributed by atoms with E-state index in [4.69, 9.17) is 16.7 Å². The maximum absolute atomic E-state index is 10.4. The largest absolute Gasteiger partial charge is 1.00 e. The monoisotopic (exact) mass is 230 g/mol. The molecule has 0 saturated heterocycles. The van der Waals surface area contributed by atoms with Crippen LogP contribution in [-0.4, -0.2) is 18.1 Å². The quantitative estimate of drug-likeness (QED) is 0.445. The van der Waals surface area contributed by atoms with Gasteiger partial charge in [0, 0.05) is 0 Å². The molecule has 1 aromatic carbocycles. The van der Waals surface area contributed by atoms with E-state index < -0.39 is 20.8 Å². The molecule has 0 aliphatic rings. The summed E-state index contributed by atoms with van der Waals surface area (Å²) in [6.45, 7) is 0. The third-order valence-electron chi connectivity index (χ3n) is 1.22. The van der Waals surface area contributed by atoms with Crippen LogP contribution in [0.15, 0.2) is 23.1 Å². The average Bonchev–Trinajstić information content (AvgIpc) is 1.92. The zero-order chi connectivity index (χ0) is 9.35. The summed E-state index contributed by atoms with van der Waals surface area (Å²) in [6, 6.07) is 3.54. The maximum atomic E-state index is 10.4. The number of hydrogen-bond donors (Lipinski definition) is 1. The second kappa shape index (κ2) is 4.63. The van der Waals surface area contributed by atoms with Crippen molar-refractivity contribution in [3.05, 3.63) is 23.2 Å². The first-order valence-corrected chi connectivity index (χ1v) is 4.65. The first kappa shape index (κ1) is 13.2. The van der Waals surface area contributed by atoms with Gasteiger partial charge in [-0.3, -0.25) is 0 Å². The summed E-state index contributed by atoms with van der Waals surface area (Å²) in [7, 11) is -4.64. The van der Waals surface area contributed by atoms with E-state index >= 15 is 0 Å². The molecule has 7 heteroatoms. The second-order valence-corrected chi connectivity index (χ2v) is 3.80. The zero-order valence-electron chi connectivity index (χ0n) is 6.69. The molecule has 0 fully saturated rings. The van der Waals surface area contributed by atoms with Crippen molar-refractivity contribution in [3.63, 3.8) is 0 Å². The van der Waals surface area contributed by atoms with E-state index in [1.807, 2.05) is 0 Å². The number of halogens is 1. The molecule has 4 nitrogen and oxygen atoms in total. The number of phenolic OH excluding ortho intramolecular Hbond substituents is 1. The minimum absolute atomic E-state index is 0. The van der Waals surface area contributed by atoms with Crippen molar-refractivity contribution in [2.45, 2.75) is 4.90 Å². The van der Waals surface area contributed by atoms with Gasteiger partial charge in [-0.1, -0.05) is 17.7 Å². The van der Waals surface area contributed by atoms with Crippen molar-refractivity contribution >= 4 is 21.7 Å². The molecule has 0 saturated carbocycles. The molecule has 1 rings (SSSR count). The molecule has 0 unspecified atom stereocenters.